The van der Waals surface area contributed by atoms with Gasteiger partial charge in [0.2, 0.25) is 5.96 Å². The third kappa shape index (κ3) is 4.43. The first-order valence-electron chi connectivity index (χ1n) is 7.43. The van der Waals surface area contributed by atoms with E-state index < -0.39 is 10.0 Å². The van der Waals surface area contributed by atoms with Gasteiger partial charge in [0, 0.05) is 17.6 Å². The summed E-state index contributed by atoms with van der Waals surface area (Å²) in [5, 5.41) is 3.00. The molecule has 0 amide bonds. The number of sulfonamides is 1. The van der Waals surface area contributed by atoms with Crippen LogP contribution in [0.5, 0.6) is 0 Å². The molecule has 23 heavy (non-hydrogen) atoms. The van der Waals surface area contributed by atoms with Crippen molar-refractivity contribution in [3.05, 3.63) is 28.7 Å². The van der Waals surface area contributed by atoms with Crippen LogP contribution in [0.2, 0.25) is 0 Å². The lowest BCUT2D eigenvalue weighted by Gasteiger charge is -2.28. The van der Waals surface area contributed by atoms with E-state index in [0.29, 0.717) is 13.3 Å². The van der Waals surface area contributed by atoms with Crippen LogP contribution in [0.25, 0.3) is 0 Å². The quantitative estimate of drug-likeness (QED) is 0.787. The Morgan fingerprint density at radius 1 is 1.39 bits per heavy atom. The highest BCUT2D eigenvalue weighted by Crippen LogP contribution is 2.15. The molecule has 0 aliphatic carbocycles. The van der Waals surface area contributed by atoms with Gasteiger partial charge in [0.05, 0.1) is 24.3 Å². The summed E-state index contributed by atoms with van der Waals surface area (Å²) in [6, 6.07) is 6.46. The first kappa shape index (κ1) is 16.7. The molecule has 1 aromatic carbocycles. The average Bonchev–Trinajstić information content (AvgIpc) is 3.02. The minimum atomic E-state index is -3.62. The molecule has 0 bridgehead atoms. The van der Waals surface area contributed by atoms with Crippen LogP contribution in [0.15, 0.2) is 38.6 Å². The van der Waals surface area contributed by atoms with Crippen molar-refractivity contribution in [3.63, 3.8) is 0 Å². The lowest BCUT2D eigenvalue weighted by atomic mass is 10.2. The molecule has 0 spiro atoms. The molecule has 9 heteroatoms. The van der Waals surface area contributed by atoms with Gasteiger partial charge in [0.25, 0.3) is 10.0 Å². The zero-order valence-electron chi connectivity index (χ0n) is 12.5. The predicted octanol–water partition coefficient (Wildman–Crippen LogP) is 1.08. The maximum Gasteiger partial charge on any atom is 0.264 e. The summed E-state index contributed by atoms with van der Waals surface area (Å²) in [7, 11) is -3.62. The molecule has 3 rings (SSSR count). The summed E-state index contributed by atoms with van der Waals surface area (Å²) >= 11 is 3.29. The fourth-order valence-corrected chi connectivity index (χ4v) is 3.80. The van der Waals surface area contributed by atoms with E-state index in [-0.39, 0.29) is 17.0 Å². The van der Waals surface area contributed by atoms with Crippen molar-refractivity contribution in [1.82, 2.24) is 14.9 Å². The van der Waals surface area contributed by atoms with Gasteiger partial charge >= 0.3 is 0 Å². The number of rotatable bonds is 4. The SMILES string of the molecule is O=S(=O)(NC1=NCN(CC2CCCO2)CN1)c1ccc(Br)cc1. The zero-order valence-corrected chi connectivity index (χ0v) is 14.9. The number of ether oxygens (including phenoxy) is 1. The lowest BCUT2D eigenvalue weighted by molar-refractivity contribution is 0.0714. The second-order valence-corrected chi connectivity index (χ2v) is 8.13. The molecule has 2 N–H and O–H groups in total. The highest BCUT2D eigenvalue weighted by atomic mass is 79.9. The Kier molecular flexibility index (Phi) is 5.20. The van der Waals surface area contributed by atoms with Crippen LogP contribution in [-0.2, 0) is 14.8 Å². The molecule has 7 nitrogen and oxygen atoms in total. The molecule has 1 saturated heterocycles. The Hall–Kier alpha value is -1.16. The maximum absolute atomic E-state index is 12.3. The molecule has 0 saturated carbocycles. The van der Waals surface area contributed by atoms with E-state index in [1.807, 2.05) is 0 Å². The number of benzene rings is 1. The molecule has 1 unspecified atom stereocenters. The predicted molar refractivity (Wildman–Crippen MR) is 90.4 cm³/mol. The Balaban J connectivity index is 1.58. The average molecular weight is 403 g/mol. The molecule has 2 aliphatic heterocycles. The number of halogens is 1. The minimum absolute atomic E-state index is 0.201. The van der Waals surface area contributed by atoms with Crippen LogP contribution in [0, 0.1) is 0 Å². The van der Waals surface area contributed by atoms with Crippen LogP contribution in [0.3, 0.4) is 0 Å². The molecule has 126 valence electrons. The van der Waals surface area contributed by atoms with Gasteiger partial charge in [-0.2, -0.15) is 0 Å². The molecular formula is C14H19BrN4O3S. The smallest absolute Gasteiger partial charge is 0.264 e. The Morgan fingerprint density at radius 3 is 2.78 bits per heavy atom. The third-order valence-electron chi connectivity index (χ3n) is 3.74. The Morgan fingerprint density at radius 2 is 2.17 bits per heavy atom. The maximum atomic E-state index is 12.3. The molecule has 1 fully saturated rings. The van der Waals surface area contributed by atoms with E-state index in [0.717, 1.165) is 30.5 Å². The second kappa shape index (κ2) is 7.16. The second-order valence-electron chi connectivity index (χ2n) is 5.53. The summed E-state index contributed by atoms with van der Waals surface area (Å²) in [6.45, 7) is 2.63. The first-order chi connectivity index (χ1) is 11.0. The summed E-state index contributed by atoms with van der Waals surface area (Å²) in [6.07, 6.45) is 2.43. The fourth-order valence-electron chi connectivity index (χ4n) is 2.53. The van der Waals surface area contributed by atoms with Crippen molar-refractivity contribution in [2.45, 2.75) is 23.8 Å². The van der Waals surface area contributed by atoms with E-state index in [1.54, 1.807) is 24.3 Å². The van der Waals surface area contributed by atoms with Crippen LogP contribution in [-0.4, -0.2) is 51.9 Å². The van der Waals surface area contributed by atoms with E-state index in [1.165, 1.54) is 0 Å². The molecule has 2 heterocycles. The van der Waals surface area contributed by atoms with Crippen molar-refractivity contribution < 1.29 is 13.2 Å². The molecule has 2 aliphatic rings. The fraction of sp³-hybridized carbons (Fsp3) is 0.500. The monoisotopic (exact) mass is 402 g/mol. The highest BCUT2D eigenvalue weighted by Gasteiger charge is 2.23. The van der Waals surface area contributed by atoms with Crippen LogP contribution < -0.4 is 10.0 Å². The molecule has 0 radical (unpaired) electrons. The topological polar surface area (TPSA) is 83.0 Å². The number of nitrogens with one attached hydrogen (secondary N) is 2. The van der Waals surface area contributed by atoms with E-state index in [9.17, 15) is 8.42 Å². The standard InChI is InChI=1S/C14H19BrN4O3S/c15-11-3-5-13(6-4-11)23(20,21)18-14-16-9-19(10-17-14)8-12-2-1-7-22-12/h3-6,12H,1-2,7-10H2,(H2,16,17,18). The van der Waals surface area contributed by atoms with Crippen molar-refractivity contribution in [1.29, 1.82) is 0 Å². The number of aliphatic imine (C=N–C) groups is 1. The first-order valence-corrected chi connectivity index (χ1v) is 9.71. The lowest BCUT2D eigenvalue weighted by Crippen LogP contribution is -2.51. The highest BCUT2D eigenvalue weighted by molar-refractivity contribution is 9.10. The van der Waals surface area contributed by atoms with Crippen molar-refractivity contribution >= 4 is 31.9 Å². The summed E-state index contributed by atoms with van der Waals surface area (Å²) in [4.78, 5) is 6.55. The largest absolute Gasteiger partial charge is 0.377 e. The van der Waals surface area contributed by atoms with Crippen molar-refractivity contribution in [3.8, 4) is 0 Å². The van der Waals surface area contributed by atoms with Gasteiger partial charge in [-0.1, -0.05) is 15.9 Å². The zero-order chi connectivity index (χ0) is 16.3. The van der Waals surface area contributed by atoms with Crippen LogP contribution in [0.1, 0.15) is 12.8 Å². The normalized spacial score (nSPS) is 22.5. The van der Waals surface area contributed by atoms with Crippen molar-refractivity contribution in [2.24, 2.45) is 4.99 Å². The van der Waals surface area contributed by atoms with Gasteiger partial charge in [-0.25, -0.2) is 18.1 Å². The van der Waals surface area contributed by atoms with Gasteiger partial charge in [-0.05, 0) is 37.1 Å². The van der Waals surface area contributed by atoms with Crippen LogP contribution in [0.4, 0.5) is 0 Å². The van der Waals surface area contributed by atoms with Gasteiger partial charge in [-0.15, -0.1) is 0 Å². The van der Waals surface area contributed by atoms with Gasteiger partial charge < -0.3 is 10.1 Å². The number of nitrogens with zero attached hydrogens (tertiary/aromatic N) is 2. The Bertz CT molecular complexity index is 672. The summed E-state index contributed by atoms with van der Waals surface area (Å²) in [5.41, 5.74) is 0. The van der Waals surface area contributed by atoms with Gasteiger partial charge in [0.1, 0.15) is 0 Å². The Labute approximate surface area is 144 Å². The summed E-state index contributed by atoms with van der Waals surface area (Å²) in [5.74, 6) is 0.275. The van der Waals surface area contributed by atoms with Gasteiger partial charge in [0.15, 0.2) is 0 Å². The van der Waals surface area contributed by atoms with Crippen LogP contribution >= 0.6 is 15.9 Å². The van der Waals surface area contributed by atoms with E-state index >= 15 is 0 Å². The van der Waals surface area contributed by atoms with Gasteiger partial charge in [-0.3, -0.25) is 4.90 Å². The molecule has 1 aromatic rings. The third-order valence-corrected chi connectivity index (χ3v) is 5.62. The van der Waals surface area contributed by atoms with E-state index in [2.05, 4.69) is 35.9 Å². The van der Waals surface area contributed by atoms with Crippen molar-refractivity contribution in [2.75, 3.05) is 26.5 Å². The number of guanidine groups is 1. The number of hydrogen-bond acceptors (Lipinski definition) is 6. The molecule has 1 atom stereocenters. The molecular weight excluding hydrogens is 384 g/mol. The number of hydrogen-bond donors (Lipinski definition) is 2. The minimum Gasteiger partial charge on any atom is -0.377 e. The molecule has 0 aromatic heterocycles. The van der Waals surface area contributed by atoms with E-state index in [4.69, 9.17) is 4.74 Å². The summed E-state index contributed by atoms with van der Waals surface area (Å²) < 4.78 is 33.5.